The number of carbonyl (C=O) groups is 3. The molecule has 100 valence electrons. The Labute approximate surface area is 111 Å². The van der Waals surface area contributed by atoms with Gasteiger partial charge in [0.25, 0.3) is 5.91 Å². The summed E-state index contributed by atoms with van der Waals surface area (Å²) in [6.07, 6.45) is 2.59. The Morgan fingerprint density at radius 2 is 1.84 bits per heavy atom. The van der Waals surface area contributed by atoms with E-state index < -0.39 is 17.8 Å². The number of hydrogen-bond acceptors (Lipinski definition) is 3. The fraction of sp³-hybridized carbons (Fsp3) is 0.214. The molecule has 0 saturated carbocycles. The molecule has 0 unspecified atom stereocenters. The van der Waals surface area contributed by atoms with Crippen molar-refractivity contribution >= 4 is 23.9 Å². The number of nitrogens with zero attached hydrogens (tertiary/aromatic N) is 1. The maximum atomic E-state index is 11.8. The van der Waals surface area contributed by atoms with Crippen LogP contribution in [0.25, 0.3) is 6.08 Å². The van der Waals surface area contributed by atoms with Gasteiger partial charge in [-0.3, -0.25) is 19.3 Å². The molecule has 19 heavy (non-hydrogen) atoms. The lowest BCUT2D eigenvalue weighted by Crippen LogP contribution is -2.35. The van der Waals surface area contributed by atoms with Gasteiger partial charge in [0.15, 0.2) is 0 Å². The molecule has 5 nitrogen and oxygen atoms in total. The summed E-state index contributed by atoms with van der Waals surface area (Å²) in [6.45, 7) is 1.11. The lowest BCUT2D eigenvalue weighted by molar-refractivity contribution is -0.142. The van der Waals surface area contributed by atoms with E-state index in [0.717, 1.165) is 10.5 Å². The number of carbonyl (C=O) groups excluding carboxylic acids is 2. The molecule has 0 spiro atoms. The van der Waals surface area contributed by atoms with E-state index in [1.54, 1.807) is 6.08 Å². The average molecular weight is 261 g/mol. The topological polar surface area (TPSA) is 74.7 Å². The molecule has 0 atom stereocenters. The van der Waals surface area contributed by atoms with Crippen molar-refractivity contribution in [1.29, 1.82) is 0 Å². The molecule has 0 saturated heterocycles. The minimum atomic E-state index is -1.05. The Bertz CT molecular complexity index is 493. The molecule has 1 aromatic carbocycles. The van der Waals surface area contributed by atoms with Gasteiger partial charge in [0.05, 0.1) is 6.42 Å². The molecule has 0 aliphatic rings. The molecule has 0 aliphatic carbocycles. The van der Waals surface area contributed by atoms with Gasteiger partial charge in [0.1, 0.15) is 0 Å². The van der Waals surface area contributed by atoms with E-state index in [1.807, 2.05) is 30.3 Å². The van der Waals surface area contributed by atoms with Crippen LogP contribution in [0.3, 0.4) is 0 Å². The molecule has 1 aromatic rings. The van der Waals surface area contributed by atoms with Crippen LogP contribution in [0.2, 0.25) is 0 Å². The standard InChI is InChI=1S/C14H15NO4/c1-11(16)15(10-9-14(18)19)13(17)8-7-12-5-3-2-4-6-12/h2-8H,9-10H2,1H3,(H,18,19)/b8-7+. The molecule has 1 N–H and O–H groups in total. The first-order valence-corrected chi connectivity index (χ1v) is 5.77. The Kier molecular flexibility index (Phi) is 5.47. The third-order valence-corrected chi connectivity index (χ3v) is 2.41. The second-order valence-corrected chi connectivity index (χ2v) is 3.90. The van der Waals surface area contributed by atoms with Crippen molar-refractivity contribution in [3.8, 4) is 0 Å². The van der Waals surface area contributed by atoms with Gasteiger partial charge in [-0.05, 0) is 11.6 Å². The SMILES string of the molecule is CC(=O)N(CCC(=O)O)C(=O)/C=C/c1ccccc1. The van der Waals surface area contributed by atoms with E-state index in [2.05, 4.69) is 0 Å². The smallest absolute Gasteiger partial charge is 0.305 e. The number of carboxylic acids is 1. The highest BCUT2D eigenvalue weighted by atomic mass is 16.4. The number of hydrogen-bond donors (Lipinski definition) is 1. The van der Waals surface area contributed by atoms with Crippen LogP contribution < -0.4 is 0 Å². The average Bonchev–Trinajstić information content (AvgIpc) is 2.37. The number of rotatable bonds is 5. The van der Waals surface area contributed by atoms with Crippen LogP contribution >= 0.6 is 0 Å². The van der Waals surface area contributed by atoms with Crippen LogP contribution in [-0.2, 0) is 14.4 Å². The predicted octanol–water partition coefficient (Wildman–Crippen LogP) is 1.55. The third kappa shape index (κ3) is 5.16. The first-order chi connectivity index (χ1) is 9.00. The van der Waals surface area contributed by atoms with E-state index in [9.17, 15) is 14.4 Å². The van der Waals surface area contributed by atoms with Gasteiger partial charge in [-0.25, -0.2) is 0 Å². The highest BCUT2D eigenvalue weighted by Crippen LogP contribution is 2.03. The van der Waals surface area contributed by atoms with Crippen LogP contribution in [0.15, 0.2) is 36.4 Å². The zero-order chi connectivity index (χ0) is 14.3. The summed E-state index contributed by atoms with van der Waals surface area (Å²) in [5.41, 5.74) is 0.831. The molecular weight excluding hydrogens is 246 g/mol. The van der Waals surface area contributed by atoms with Crippen LogP contribution in [0, 0.1) is 0 Å². The number of aliphatic carboxylic acids is 1. The summed E-state index contributed by atoms with van der Waals surface area (Å²) >= 11 is 0. The van der Waals surface area contributed by atoms with E-state index in [1.165, 1.54) is 13.0 Å². The van der Waals surface area contributed by atoms with Gasteiger partial charge in [0, 0.05) is 19.5 Å². The molecule has 0 aromatic heterocycles. The highest BCUT2D eigenvalue weighted by Gasteiger charge is 2.16. The van der Waals surface area contributed by atoms with Crippen molar-refractivity contribution in [2.24, 2.45) is 0 Å². The van der Waals surface area contributed by atoms with Gasteiger partial charge in [-0.1, -0.05) is 30.3 Å². The van der Waals surface area contributed by atoms with Gasteiger partial charge < -0.3 is 5.11 Å². The summed E-state index contributed by atoms with van der Waals surface area (Å²) in [5.74, 6) is -2.03. The van der Waals surface area contributed by atoms with Crippen LogP contribution in [-0.4, -0.2) is 34.3 Å². The van der Waals surface area contributed by atoms with E-state index >= 15 is 0 Å². The molecule has 5 heteroatoms. The Hall–Kier alpha value is -2.43. The van der Waals surface area contributed by atoms with Crippen LogP contribution in [0.5, 0.6) is 0 Å². The zero-order valence-corrected chi connectivity index (χ0v) is 10.6. The Morgan fingerprint density at radius 3 is 2.37 bits per heavy atom. The minimum Gasteiger partial charge on any atom is -0.481 e. The van der Waals surface area contributed by atoms with E-state index in [0.29, 0.717) is 0 Å². The quantitative estimate of drug-likeness (QED) is 0.816. The van der Waals surface area contributed by atoms with Crippen molar-refractivity contribution < 1.29 is 19.5 Å². The van der Waals surface area contributed by atoms with Gasteiger partial charge in [0.2, 0.25) is 5.91 Å². The Balaban J connectivity index is 2.69. The molecule has 2 amide bonds. The maximum Gasteiger partial charge on any atom is 0.305 e. The molecule has 0 bridgehead atoms. The molecule has 1 rings (SSSR count). The molecule has 0 radical (unpaired) electrons. The lowest BCUT2D eigenvalue weighted by atomic mass is 10.2. The number of carboxylic acid groups (broad SMARTS) is 1. The van der Waals surface area contributed by atoms with Crippen molar-refractivity contribution in [1.82, 2.24) is 4.90 Å². The van der Waals surface area contributed by atoms with Gasteiger partial charge in [-0.15, -0.1) is 0 Å². The number of benzene rings is 1. The third-order valence-electron chi connectivity index (χ3n) is 2.41. The normalized spacial score (nSPS) is 10.4. The second-order valence-electron chi connectivity index (χ2n) is 3.90. The van der Waals surface area contributed by atoms with Crippen molar-refractivity contribution in [3.63, 3.8) is 0 Å². The summed E-state index contributed by atoms with van der Waals surface area (Å²) in [6, 6.07) is 9.15. The summed E-state index contributed by atoms with van der Waals surface area (Å²) in [4.78, 5) is 34.5. The van der Waals surface area contributed by atoms with Crippen LogP contribution in [0.1, 0.15) is 18.9 Å². The highest BCUT2D eigenvalue weighted by molar-refractivity contribution is 6.02. The maximum absolute atomic E-state index is 11.8. The molecule has 0 heterocycles. The zero-order valence-electron chi connectivity index (χ0n) is 10.6. The minimum absolute atomic E-state index is 0.122. The van der Waals surface area contributed by atoms with Crippen LogP contribution in [0.4, 0.5) is 0 Å². The number of amides is 2. The largest absolute Gasteiger partial charge is 0.481 e. The summed E-state index contributed by atoms with van der Waals surface area (Å²) in [7, 11) is 0. The summed E-state index contributed by atoms with van der Waals surface area (Å²) in [5, 5.41) is 8.57. The van der Waals surface area contributed by atoms with E-state index in [4.69, 9.17) is 5.11 Å². The van der Waals surface area contributed by atoms with Crippen molar-refractivity contribution in [3.05, 3.63) is 42.0 Å². The molecular formula is C14H15NO4. The molecule has 0 aliphatic heterocycles. The van der Waals surface area contributed by atoms with Crippen molar-refractivity contribution in [2.75, 3.05) is 6.54 Å². The lowest BCUT2D eigenvalue weighted by Gasteiger charge is -2.15. The second kappa shape index (κ2) is 7.10. The van der Waals surface area contributed by atoms with Gasteiger partial charge in [-0.2, -0.15) is 0 Å². The fourth-order valence-electron chi connectivity index (χ4n) is 1.45. The fourth-order valence-corrected chi connectivity index (χ4v) is 1.45. The first-order valence-electron chi connectivity index (χ1n) is 5.77. The molecule has 0 fully saturated rings. The Morgan fingerprint density at radius 1 is 1.21 bits per heavy atom. The van der Waals surface area contributed by atoms with Gasteiger partial charge >= 0.3 is 5.97 Å². The first kappa shape index (κ1) is 14.6. The monoisotopic (exact) mass is 261 g/mol. The predicted molar refractivity (Wildman–Crippen MR) is 70.1 cm³/mol. The summed E-state index contributed by atoms with van der Waals surface area (Å²) < 4.78 is 0. The van der Waals surface area contributed by atoms with Crippen molar-refractivity contribution in [2.45, 2.75) is 13.3 Å². The van der Waals surface area contributed by atoms with E-state index in [-0.39, 0.29) is 13.0 Å². The number of imide groups is 1.